The Morgan fingerprint density at radius 2 is 1.89 bits per heavy atom. The van der Waals surface area contributed by atoms with Gasteiger partial charge >= 0.3 is 5.63 Å². The average molecular weight is 420 g/mol. The van der Waals surface area contributed by atoms with Crippen LogP contribution in [0, 0.1) is 11.3 Å². The second-order valence-electron chi connectivity index (χ2n) is 5.76. The van der Waals surface area contributed by atoms with Crippen LogP contribution in [0.4, 0.5) is 0 Å². The van der Waals surface area contributed by atoms with E-state index in [0.29, 0.717) is 38.9 Å². The number of halogens is 1. The van der Waals surface area contributed by atoms with Gasteiger partial charge in [0.2, 0.25) is 0 Å². The fourth-order valence-electron chi connectivity index (χ4n) is 2.38. The molecule has 3 aromatic rings. The van der Waals surface area contributed by atoms with Gasteiger partial charge in [-0.2, -0.15) is 13.7 Å². The Bertz CT molecular complexity index is 1230. The lowest BCUT2D eigenvalue weighted by atomic mass is 9.99. The van der Waals surface area contributed by atoms with Gasteiger partial charge in [0.1, 0.15) is 5.58 Å². The van der Waals surface area contributed by atoms with Crippen LogP contribution in [0.5, 0.6) is 0 Å². The van der Waals surface area contributed by atoms with E-state index in [1.807, 2.05) is 6.07 Å². The number of fused-ring (bicyclic) bond motifs is 1. The molecule has 1 N–H and O–H groups in total. The molecule has 2 aromatic carbocycles. The zero-order chi connectivity index (χ0) is 20.9. The van der Waals surface area contributed by atoms with Crippen molar-refractivity contribution in [2.45, 2.75) is 6.42 Å². The van der Waals surface area contributed by atoms with Crippen LogP contribution in [0.1, 0.15) is 21.5 Å². The first-order valence-corrected chi connectivity index (χ1v) is 9.97. The monoisotopic (exact) mass is 419 g/mol. The number of ketones is 1. The molecule has 0 fully saturated rings. The minimum atomic E-state index is -3.67. The van der Waals surface area contributed by atoms with Crippen molar-refractivity contribution in [3.8, 4) is 6.07 Å². The minimum Gasteiger partial charge on any atom is -0.423 e. The van der Waals surface area contributed by atoms with Crippen molar-refractivity contribution in [2.75, 3.05) is 6.26 Å². The van der Waals surface area contributed by atoms with Crippen molar-refractivity contribution in [3.05, 3.63) is 80.7 Å². The average Bonchev–Trinajstić information content (AvgIpc) is 2.60. The van der Waals surface area contributed by atoms with Crippen LogP contribution in [0.3, 0.4) is 0 Å². The molecule has 0 aliphatic heterocycles. The molecule has 0 saturated heterocycles. The van der Waals surface area contributed by atoms with Gasteiger partial charge in [-0.15, -0.1) is 0 Å². The first-order valence-electron chi connectivity index (χ1n) is 7.75. The molecule has 1 aromatic heterocycles. The highest BCUT2D eigenvalue weighted by atomic mass is 35.5. The molecule has 0 amide bonds. The third kappa shape index (κ3) is 6.32. The first kappa shape index (κ1) is 21.3. The molecule has 0 aliphatic carbocycles. The predicted molar refractivity (Wildman–Crippen MR) is 104 cm³/mol. The Kier molecular flexibility index (Phi) is 6.70. The van der Waals surface area contributed by atoms with E-state index in [1.165, 1.54) is 6.07 Å². The fourth-order valence-corrected chi connectivity index (χ4v) is 2.57. The van der Waals surface area contributed by atoms with Crippen LogP contribution in [0.2, 0.25) is 5.02 Å². The Labute approximate surface area is 165 Å². The second-order valence-corrected chi connectivity index (χ2v) is 7.66. The summed E-state index contributed by atoms with van der Waals surface area (Å²) in [5.41, 5.74) is 1.25. The maximum absolute atomic E-state index is 12.4. The predicted octanol–water partition coefficient (Wildman–Crippen LogP) is 3.25. The molecule has 0 unspecified atom stereocenters. The number of carbonyl (C=O) groups is 1. The third-order valence-corrected chi connectivity index (χ3v) is 3.69. The summed E-state index contributed by atoms with van der Waals surface area (Å²) in [5.74, 6) is -0.165. The molecular formula is C19H14ClNO6S. The number of carbonyl (C=O) groups excluding carboxylic acids is 1. The number of nitrogens with zero attached hydrogens (tertiary/aromatic N) is 1. The van der Waals surface area contributed by atoms with Gasteiger partial charge in [0, 0.05) is 28.5 Å². The van der Waals surface area contributed by atoms with Gasteiger partial charge in [0.25, 0.3) is 10.1 Å². The maximum atomic E-state index is 12.4. The first-order chi connectivity index (χ1) is 13.1. The van der Waals surface area contributed by atoms with Crippen LogP contribution >= 0.6 is 11.6 Å². The van der Waals surface area contributed by atoms with E-state index < -0.39 is 15.7 Å². The highest BCUT2D eigenvalue weighted by Gasteiger charge is 2.13. The van der Waals surface area contributed by atoms with Crippen LogP contribution < -0.4 is 5.63 Å². The highest BCUT2D eigenvalue weighted by molar-refractivity contribution is 7.85. The van der Waals surface area contributed by atoms with Gasteiger partial charge in [-0.3, -0.25) is 9.35 Å². The minimum absolute atomic E-state index is 0.0251. The van der Waals surface area contributed by atoms with Crippen LogP contribution in [0.25, 0.3) is 11.0 Å². The van der Waals surface area contributed by atoms with Crippen LogP contribution in [-0.4, -0.2) is 25.0 Å². The molecule has 144 valence electrons. The Hall–Kier alpha value is -2.99. The van der Waals surface area contributed by atoms with E-state index in [9.17, 15) is 18.0 Å². The smallest absolute Gasteiger partial charge is 0.336 e. The number of benzene rings is 2. The van der Waals surface area contributed by atoms with Crippen molar-refractivity contribution in [1.82, 2.24) is 0 Å². The van der Waals surface area contributed by atoms with Gasteiger partial charge in [-0.25, -0.2) is 4.79 Å². The Morgan fingerprint density at radius 3 is 2.50 bits per heavy atom. The summed E-state index contributed by atoms with van der Waals surface area (Å²) in [6, 6.07) is 14.7. The van der Waals surface area contributed by atoms with E-state index in [1.54, 1.807) is 42.5 Å². The molecule has 7 nitrogen and oxygen atoms in total. The lowest BCUT2D eigenvalue weighted by Gasteiger charge is -2.06. The summed E-state index contributed by atoms with van der Waals surface area (Å²) in [7, 11) is -3.67. The topological polar surface area (TPSA) is 125 Å². The lowest BCUT2D eigenvalue weighted by Crippen LogP contribution is -2.08. The van der Waals surface area contributed by atoms with Crippen molar-refractivity contribution in [1.29, 1.82) is 5.26 Å². The lowest BCUT2D eigenvalue weighted by molar-refractivity contribution is 0.0993. The Morgan fingerprint density at radius 1 is 1.21 bits per heavy atom. The fraction of sp³-hybridized carbons (Fsp3) is 0.105. The number of hydrogen-bond acceptors (Lipinski definition) is 6. The third-order valence-electron chi connectivity index (χ3n) is 3.45. The van der Waals surface area contributed by atoms with Crippen LogP contribution in [-0.2, 0) is 16.5 Å². The quantitative estimate of drug-likeness (QED) is 0.392. The van der Waals surface area contributed by atoms with Crippen molar-refractivity contribution >= 4 is 38.5 Å². The van der Waals surface area contributed by atoms with Crippen molar-refractivity contribution < 1.29 is 22.2 Å². The molecule has 28 heavy (non-hydrogen) atoms. The number of hydrogen-bond donors (Lipinski definition) is 1. The van der Waals surface area contributed by atoms with Crippen molar-refractivity contribution in [2.24, 2.45) is 0 Å². The molecule has 0 spiro atoms. The number of rotatable bonds is 3. The molecule has 9 heteroatoms. The molecule has 3 rings (SSSR count). The summed E-state index contributed by atoms with van der Waals surface area (Å²) in [6.07, 6.45) is 0.740. The van der Waals surface area contributed by atoms with Gasteiger partial charge in [-0.1, -0.05) is 23.7 Å². The number of Topliss-reactive ketones (excluding diaryl/α,β-unsaturated/α-hetero) is 1. The molecule has 0 aliphatic rings. The largest absolute Gasteiger partial charge is 0.423 e. The van der Waals surface area contributed by atoms with E-state index >= 15 is 0 Å². The standard InChI is InChI=1S/C18H10ClNO3.CH4O3S/c19-14-3-1-2-12(7-14)16(21)8-13-9-18(22)23-17-5-4-11(10-20)6-15(13)17;1-5(2,3)4/h1-7,9H,8H2;1H3,(H,2,3,4). The normalized spacial score (nSPS) is 10.6. The zero-order valence-electron chi connectivity index (χ0n) is 14.5. The van der Waals surface area contributed by atoms with Gasteiger partial charge in [0.05, 0.1) is 17.9 Å². The summed E-state index contributed by atoms with van der Waals surface area (Å²) in [6.45, 7) is 0. The molecule has 0 saturated carbocycles. The molecule has 0 radical (unpaired) electrons. The SMILES string of the molecule is CS(=O)(=O)O.N#Cc1ccc2oc(=O)cc(CC(=O)c3cccc(Cl)c3)c2c1. The summed E-state index contributed by atoms with van der Waals surface area (Å²) in [5, 5.41) is 10.1. The van der Waals surface area contributed by atoms with Gasteiger partial charge < -0.3 is 4.42 Å². The number of nitriles is 1. The Balaban J connectivity index is 0.000000500. The second kappa shape index (κ2) is 8.80. The van der Waals surface area contributed by atoms with E-state index in [2.05, 4.69) is 0 Å². The van der Waals surface area contributed by atoms with Gasteiger partial charge in [-0.05, 0) is 35.9 Å². The molecule has 0 bridgehead atoms. The summed E-state index contributed by atoms with van der Waals surface area (Å²) < 4.78 is 31.0. The van der Waals surface area contributed by atoms with Crippen molar-refractivity contribution in [3.63, 3.8) is 0 Å². The highest BCUT2D eigenvalue weighted by Crippen LogP contribution is 2.21. The molecular weight excluding hydrogens is 406 g/mol. The van der Waals surface area contributed by atoms with Gasteiger partial charge in [0.15, 0.2) is 5.78 Å². The van der Waals surface area contributed by atoms with E-state index in [-0.39, 0.29) is 12.2 Å². The maximum Gasteiger partial charge on any atom is 0.336 e. The zero-order valence-corrected chi connectivity index (χ0v) is 16.1. The van der Waals surface area contributed by atoms with Crippen LogP contribution in [0.15, 0.2) is 57.7 Å². The van der Waals surface area contributed by atoms with E-state index in [0.717, 1.165) is 0 Å². The van der Waals surface area contributed by atoms with E-state index in [4.69, 9.17) is 25.8 Å². The summed E-state index contributed by atoms with van der Waals surface area (Å²) >= 11 is 5.90. The molecule has 0 atom stereocenters. The summed E-state index contributed by atoms with van der Waals surface area (Å²) in [4.78, 5) is 24.1. The molecule has 1 heterocycles.